The maximum Gasteiger partial charge on any atom is 0.335 e. The minimum Gasteiger partial charge on any atom is -0.495 e. The van der Waals surface area contributed by atoms with Crippen LogP contribution in [0.2, 0.25) is 0 Å². The molecular weight excluding hydrogens is 234 g/mol. The van der Waals surface area contributed by atoms with Crippen molar-refractivity contribution in [2.75, 3.05) is 12.4 Å². The molecule has 1 aliphatic rings. The van der Waals surface area contributed by atoms with Crippen molar-refractivity contribution in [3.8, 4) is 5.75 Å². The van der Waals surface area contributed by atoms with E-state index in [1.54, 1.807) is 6.07 Å². The summed E-state index contributed by atoms with van der Waals surface area (Å²) < 4.78 is 5.07. The highest BCUT2D eigenvalue weighted by Gasteiger charge is 2.21. The van der Waals surface area contributed by atoms with Gasteiger partial charge in [0.05, 0.1) is 18.4 Å². The molecule has 18 heavy (non-hydrogen) atoms. The van der Waals surface area contributed by atoms with Crippen molar-refractivity contribution in [2.45, 2.75) is 26.7 Å². The molecule has 0 saturated heterocycles. The number of carboxylic acids is 1. The highest BCUT2D eigenvalue weighted by atomic mass is 16.5. The third-order valence-corrected chi connectivity index (χ3v) is 2.54. The first-order valence-electron chi connectivity index (χ1n) is 5.86. The number of hydrogen-bond acceptors (Lipinski definition) is 3. The zero-order valence-electron chi connectivity index (χ0n) is 10.7. The van der Waals surface area contributed by atoms with E-state index in [0.717, 1.165) is 5.56 Å². The van der Waals surface area contributed by atoms with Crippen LogP contribution in [0, 0.1) is 0 Å². The van der Waals surface area contributed by atoms with E-state index < -0.39 is 5.97 Å². The lowest BCUT2D eigenvalue weighted by Gasteiger charge is -2.19. The Morgan fingerprint density at radius 1 is 1.33 bits per heavy atom. The fraction of sp³-hybridized carbons (Fsp3) is 0.385. The Bertz CT molecular complexity index is 451. The first kappa shape index (κ1) is 14.0. The van der Waals surface area contributed by atoms with Crippen LogP contribution in [-0.2, 0) is 11.2 Å². The molecule has 1 amide bonds. The summed E-state index contributed by atoms with van der Waals surface area (Å²) in [5, 5.41) is 11.6. The fourth-order valence-electron chi connectivity index (χ4n) is 1.75. The first-order valence-corrected chi connectivity index (χ1v) is 5.86. The SMILES string of the molecule is CC.COc1cc(C(=O)O)cc2c1NC(=O)CC2. The average Bonchev–Trinajstić information content (AvgIpc) is 2.39. The number of aromatic carboxylic acids is 1. The Labute approximate surface area is 106 Å². The van der Waals surface area contributed by atoms with Crippen LogP contribution < -0.4 is 10.1 Å². The second kappa shape index (κ2) is 6.05. The molecule has 0 spiro atoms. The standard InChI is InChI=1S/C11H11NO4.C2H6/c1-16-8-5-7(11(14)15)4-6-2-3-9(13)12-10(6)8;1-2/h4-5H,2-3H2,1H3,(H,12,13)(H,14,15);1-2H3. The van der Waals surface area contributed by atoms with Gasteiger partial charge in [-0.1, -0.05) is 13.8 Å². The van der Waals surface area contributed by atoms with Gasteiger partial charge >= 0.3 is 5.97 Å². The fourth-order valence-corrected chi connectivity index (χ4v) is 1.75. The van der Waals surface area contributed by atoms with E-state index in [1.165, 1.54) is 13.2 Å². The van der Waals surface area contributed by atoms with Crippen molar-refractivity contribution < 1.29 is 19.4 Å². The Hall–Kier alpha value is -2.04. The van der Waals surface area contributed by atoms with Gasteiger partial charge in [0.1, 0.15) is 5.75 Å². The molecule has 98 valence electrons. The highest BCUT2D eigenvalue weighted by Crippen LogP contribution is 2.33. The van der Waals surface area contributed by atoms with Crippen LogP contribution in [0.5, 0.6) is 5.75 Å². The zero-order chi connectivity index (χ0) is 13.7. The van der Waals surface area contributed by atoms with Gasteiger partial charge in [-0.3, -0.25) is 4.79 Å². The van der Waals surface area contributed by atoms with E-state index in [9.17, 15) is 9.59 Å². The average molecular weight is 251 g/mol. The molecule has 1 aromatic carbocycles. The van der Waals surface area contributed by atoms with Gasteiger partial charge in [-0.15, -0.1) is 0 Å². The molecule has 2 rings (SSSR count). The number of nitrogens with one attached hydrogen (secondary N) is 1. The molecule has 0 saturated carbocycles. The zero-order valence-corrected chi connectivity index (χ0v) is 10.7. The van der Waals surface area contributed by atoms with Crippen LogP contribution in [0.1, 0.15) is 36.2 Å². The van der Waals surface area contributed by atoms with Crippen molar-refractivity contribution in [3.63, 3.8) is 0 Å². The molecule has 5 heteroatoms. The lowest BCUT2D eigenvalue weighted by Crippen LogP contribution is -2.20. The molecule has 1 aliphatic heterocycles. The summed E-state index contributed by atoms with van der Waals surface area (Å²) in [7, 11) is 1.45. The summed E-state index contributed by atoms with van der Waals surface area (Å²) in [5.74, 6) is -0.685. The minimum atomic E-state index is -1.00. The van der Waals surface area contributed by atoms with Gasteiger partial charge in [0.25, 0.3) is 0 Å². The van der Waals surface area contributed by atoms with Gasteiger partial charge in [0.2, 0.25) is 5.91 Å². The Morgan fingerprint density at radius 3 is 2.56 bits per heavy atom. The van der Waals surface area contributed by atoms with Gasteiger partial charge in [-0.2, -0.15) is 0 Å². The van der Waals surface area contributed by atoms with E-state index in [0.29, 0.717) is 24.3 Å². The van der Waals surface area contributed by atoms with Crippen LogP contribution >= 0.6 is 0 Å². The molecule has 0 aliphatic carbocycles. The molecular formula is C13H17NO4. The van der Waals surface area contributed by atoms with E-state index in [2.05, 4.69) is 5.32 Å². The molecule has 0 radical (unpaired) electrons. The number of hydrogen-bond donors (Lipinski definition) is 2. The molecule has 1 heterocycles. The van der Waals surface area contributed by atoms with E-state index in [4.69, 9.17) is 9.84 Å². The smallest absolute Gasteiger partial charge is 0.335 e. The predicted octanol–water partition coefficient (Wildman–Crippen LogP) is 2.30. The summed E-state index contributed by atoms with van der Waals surface area (Å²) in [5.41, 5.74) is 1.56. The van der Waals surface area contributed by atoms with Crippen molar-refractivity contribution in [1.82, 2.24) is 0 Å². The summed E-state index contributed by atoms with van der Waals surface area (Å²) in [6.07, 6.45) is 0.915. The highest BCUT2D eigenvalue weighted by molar-refractivity contribution is 5.98. The van der Waals surface area contributed by atoms with E-state index in [1.807, 2.05) is 13.8 Å². The van der Waals surface area contributed by atoms with Gasteiger partial charge in [0, 0.05) is 6.42 Å². The number of carbonyl (C=O) groups excluding carboxylic acids is 1. The van der Waals surface area contributed by atoms with Gasteiger partial charge in [-0.25, -0.2) is 4.79 Å². The summed E-state index contributed by atoms with van der Waals surface area (Å²) in [6.45, 7) is 4.00. The Balaban J connectivity index is 0.000000771. The summed E-state index contributed by atoms with van der Waals surface area (Å²) in [4.78, 5) is 22.1. The quantitative estimate of drug-likeness (QED) is 0.845. The normalized spacial score (nSPS) is 12.7. The molecule has 0 atom stereocenters. The van der Waals surface area contributed by atoms with Crippen LogP contribution in [0.25, 0.3) is 0 Å². The third kappa shape index (κ3) is 2.80. The molecule has 1 aromatic rings. The van der Waals surface area contributed by atoms with Gasteiger partial charge < -0.3 is 15.2 Å². The molecule has 0 fully saturated rings. The topological polar surface area (TPSA) is 75.6 Å². The maximum absolute atomic E-state index is 11.2. The number of rotatable bonds is 2. The number of benzene rings is 1. The predicted molar refractivity (Wildman–Crippen MR) is 68.3 cm³/mol. The molecule has 0 aromatic heterocycles. The number of amides is 1. The minimum absolute atomic E-state index is 0.0751. The van der Waals surface area contributed by atoms with Crippen LogP contribution in [-0.4, -0.2) is 24.1 Å². The lowest BCUT2D eigenvalue weighted by molar-refractivity contribution is -0.116. The number of aryl methyl sites for hydroxylation is 1. The van der Waals surface area contributed by atoms with E-state index in [-0.39, 0.29) is 11.5 Å². The van der Waals surface area contributed by atoms with Gasteiger partial charge in [-0.05, 0) is 24.1 Å². The number of carboxylic acid groups (broad SMARTS) is 1. The van der Waals surface area contributed by atoms with E-state index >= 15 is 0 Å². The largest absolute Gasteiger partial charge is 0.495 e. The number of methoxy groups -OCH3 is 1. The van der Waals surface area contributed by atoms with Crippen molar-refractivity contribution in [3.05, 3.63) is 23.3 Å². The Kier molecular flexibility index (Phi) is 4.71. The van der Waals surface area contributed by atoms with Gasteiger partial charge in [0.15, 0.2) is 0 Å². The number of fused-ring (bicyclic) bond motifs is 1. The molecule has 5 nitrogen and oxygen atoms in total. The molecule has 2 N–H and O–H groups in total. The monoisotopic (exact) mass is 251 g/mol. The number of carbonyl (C=O) groups is 2. The van der Waals surface area contributed by atoms with Crippen molar-refractivity contribution in [2.24, 2.45) is 0 Å². The van der Waals surface area contributed by atoms with Crippen LogP contribution in [0.15, 0.2) is 12.1 Å². The Morgan fingerprint density at radius 2 is 2.00 bits per heavy atom. The number of ether oxygens (including phenoxy) is 1. The van der Waals surface area contributed by atoms with Crippen LogP contribution in [0.4, 0.5) is 5.69 Å². The first-order chi connectivity index (χ1) is 8.61. The second-order valence-electron chi connectivity index (χ2n) is 3.57. The third-order valence-electron chi connectivity index (χ3n) is 2.54. The van der Waals surface area contributed by atoms with Crippen molar-refractivity contribution in [1.29, 1.82) is 0 Å². The summed E-state index contributed by atoms with van der Waals surface area (Å²) >= 11 is 0. The molecule has 0 unspecified atom stereocenters. The maximum atomic E-state index is 11.2. The second-order valence-corrected chi connectivity index (χ2v) is 3.57. The van der Waals surface area contributed by atoms with Crippen LogP contribution in [0.3, 0.4) is 0 Å². The summed E-state index contributed by atoms with van der Waals surface area (Å²) in [6, 6.07) is 2.98. The number of anilines is 1. The van der Waals surface area contributed by atoms with Crippen molar-refractivity contribution >= 4 is 17.6 Å². The molecule has 0 bridgehead atoms. The lowest BCUT2D eigenvalue weighted by atomic mass is 9.99.